The number of aliphatic carboxylic acids is 1. The number of nitrogens with zero attached hydrogens (tertiary/aromatic N) is 2. The molecule has 5 heteroatoms. The Kier molecular flexibility index (Phi) is 2.49. The van der Waals surface area contributed by atoms with E-state index in [-0.39, 0.29) is 11.3 Å². The molecule has 0 saturated carbocycles. The maximum Gasteiger partial charge on any atom is 0.326 e. The van der Waals surface area contributed by atoms with Crippen molar-refractivity contribution >= 4 is 11.7 Å². The summed E-state index contributed by atoms with van der Waals surface area (Å²) in [5.41, 5.74) is 0.478. The van der Waals surface area contributed by atoms with Crippen molar-refractivity contribution in [2.75, 3.05) is 11.4 Å². The van der Waals surface area contributed by atoms with Crippen LogP contribution in [0.5, 0.6) is 0 Å². The summed E-state index contributed by atoms with van der Waals surface area (Å²) in [5.74, 6) is -1.50. The number of carbonyl (C=O) groups is 1. The van der Waals surface area contributed by atoms with Gasteiger partial charge in [-0.05, 0) is 24.6 Å². The molecule has 1 N–H and O–H groups in total. The van der Waals surface area contributed by atoms with Crippen LogP contribution >= 0.6 is 0 Å². The van der Waals surface area contributed by atoms with Gasteiger partial charge in [0, 0.05) is 6.54 Å². The van der Waals surface area contributed by atoms with Gasteiger partial charge < -0.3 is 10.0 Å². The van der Waals surface area contributed by atoms with Crippen LogP contribution in [0.1, 0.15) is 12.0 Å². The summed E-state index contributed by atoms with van der Waals surface area (Å²) in [4.78, 5) is 12.3. The molecule has 1 aliphatic rings. The van der Waals surface area contributed by atoms with Crippen LogP contribution in [-0.2, 0) is 4.79 Å². The fraction of sp³-hybridized carbons (Fsp3) is 0.273. The number of anilines is 1. The number of halogens is 1. The second-order valence-corrected chi connectivity index (χ2v) is 3.61. The van der Waals surface area contributed by atoms with Crippen LogP contribution in [0.3, 0.4) is 0 Å². The second-order valence-electron chi connectivity index (χ2n) is 3.61. The average Bonchev–Trinajstić information content (AvgIpc) is 2.18. The van der Waals surface area contributed by atoms with Crippen LogP contribution in [0.15, 0.2) is 18.2 Å². The minimum atomic E-state index is -0.949. The quantitative estimate of drug-likeness (QED) is 0.817. The number of carboxylic acid groups (broad SMARTS) is 1. The SMILES string of the molecule is N#Cc1ccc(N2CC[C@H]2C(=O)O)c(F)c1. The van der Waals surface area contributed by atoms with E-state index in [1.54, 1.807) is 0 Å². The van der Waals surface area contributed by atoms with Gasteiger partial charge in [0.1, 0.15) is 11.9 Å². The normalized spacial score (nSPS) is 18.8. The fourth-order valence-electron chi connectivity index (χ4n) is 1.74. The number of hydrogen-bond acceptors (Lipinski definition) is 3. The number of carboxylic acids is 1. The van der Waals surface area contributed by atoms with Gasteiger partial charge in [-0.2, -0.15) is 5.26 Å². The van der Waals surface area contributed by atoms with Crippen LogP contribution in [0.25, 0.3) is 0 Å². The molecule has 0 aliphatic carbocycles. The van der Waals surface area contributed by atoms with Crippen molar-refractivity contribution in [2.45, 2.75) is 12.5 Å². The van der Waals surface area contributed by atoms with Gasteiger partial charge in [-0.3, -0.25) is 0 Å². The van der Waals surface area contributed by atoms with E-state index in [0.29, 0.717) is 13.0 Å². The first-order chi connectivity index (χ1) is 7.63. The first-order valence-corrected chi connectivity index (χ1v) is 4.82. The van der Waals surface area contributed by atoms with Gasteiger partial charge in [-0.25, -0.2) is 9.18 Å². The van der Waals surface area contributed by atoms with Crippen molar-refractivity contribution < 1.29 is 14.3 Å². The topological polar surface area (TPSA) is 64.3 Å². The Balaban J connectivity index is 2.29. The lowest BCUT2D eigenvalue weighted by Gasteiger charge is -2.40. The molecule has 16 heavy (non-hydrogen) atoms. The Morgan fingerprint density at radius 3 is 2.81 bits per heavy atom. The van der Waals surface area contributed by atoms with E-state index in [1.165, 1.54) is 17.0 Å². The van der Waals surface area contributed by atoms with E-state index in [9.17, 15) is 9.18 Å². The third kappa shape index (κ3) is 1.58. The van der Waals surface area contributed by atoms with Gasteiger partial charge in [0.25, 0.3) is 0 Å². The van der Waals surface area contributed by atoms with Crippen LogP contribution in [-0.4, -0.2) is 23.7 Å². The summed E-state index contributed by atoms with van der Waals surface area (Å²) in [6.07, 6.45) is 0.523. The highest BCUT2D eigenvalue weighted by Gasteiger charge is 2.35. The molecule has 0 amide bonds. The van der Waals surface area contributed by atoms with E-state index in [0.717, 1.165) is 6.07 Å². The van der Waals surface area contributed by atoms with Gasteiger partial charge in [-0.15, -0.1) is 0 Å². The smallest absolute Gasteiger partial charge is 0.326 e. The van der Waals surface area contributed by atoms with Crippen LogP contribution in [0.2, 0.25) is 0 Å². The molecule has 1 fully saturated rings. The zero-order valence-corrected chi connectivity index (χ0v) is 8.35. The first kappa shape index (κ1) is 10.4. The van der Waals surface area contributed by atoms with Gasteiger partial charge in [0.05, 0.1) is 17.3 Å². The lowest BCUT2D eigenvalue weighted by Crippen LogP contribution is -2.52. The Hall–Kier alpha value is -2.09. The second kappa shape index (κ2) is 3.81. The minimum Gasteiger partial charge on any atom is -0.480 e. The molecule has 0 aromatic heterocycles. The van der Waals surface area contributed by atoms with Gasteiger partial charge >= 0.3 is 5.97 Å². The molecule has 1 heterocycles. The standard InChI is InChI=1S/C11H9FN2O2/c12-8-5-7(6-13)1-2-9(8)14-4-3-10(14)11(15)16/h1-2,5,10H,3-4H2,(H,15,16)/t10-/m0/s1. The molecule has 1 atom stereocenters. The number of benzene rings is 1. The fourth-order valence-corrected chi connectivity index (χ4v) is 1.74. The largest absolute Gasteiger partial charge is 0.480 e. The van der Waals surface area contributed by atoms with E-state index >= 15 is 0 Å². The predicted molar refractivity (Wildman–Crippen MR) is 54.5 cm³/mol. The number of rotatable bonds is 2. The van der Waals surface area contributed by atoms with Crippen molar-refractivity contribution in [1.82, 2.24) is 0 Å². The molecule has 1 aromatic carbocycles. The monoisotopic (exact) mass is 220 g/mol. The van der Waals surface area contributed by atoms with Crippen molar-refractivity contribution in [3.05, 3.63) is 29.6 Å². The zero-order valence-electron chi connectivity index (χ0n) is 8.35. The summed E-state index contributed by atoms with van der Waals surface area (Å²) in [6.45, 7) is 0.528. The maximum absolute atomic E-state index is 13.6. The van der Waals surface area contributed by atoms with Crippen LogP contribution < -0.4 is 4.90 Å². The molecule has 1 aromatic rings. The van der Waals surface area contributed by atoms with Crippen molar-refractivity contribution in [3.63, 3.8) is 0 Å². The molecular weight excluding hydrogens is 211 g/mol. The molecule has 0 bridgehead atoms. The molecule has 0 unspecified atom stereocenters. The zero-order chi connectivity index (χ0) is 11.7. The lowest BCUT2D eigenvalue weighted by molar-refractivity contribution is -0.139. The highest BCUT2D eigenvalue weighted by atomic mass is 19.1. The van der Waals surface area contributed by atoms with Crippen LogP contribution in [0, 0.1) is 17.1 Å². The Morgan fingerprint density at radius 1 is 1.62 bits per heavy atom. The summed E-state index contributed by atoms with van der Waals surface area (Å²) in [7, 11) is 0. The van der Waals surface area contributed by atoms with Gasteiger partial charge in [0.15, 0.2) is 0 Å². The summed E-state index contributed by atoms with van der Waals surface area (Å²) in [5, 5.41) is 17.4. The summed E-state index contributed by atoms with van der Waals surface area (Å²) >= 11 is 0. The molecule has 0 radical (unpaired) electrons. The van der Waals surface area contributed by atoms with Crippen LogP contribution in [0.4, 0.5) is 10.1 Å². The molecule has 82 valence electrons. The van der Waals surface area contributed by atoms with Crippen molar-refractivity contribution in [3.8, 4) is 6.07 Å². The Bertz CT molecular complexity index is 481. The average molecular weight is 220 g/mol. The number of hydrogen-bond donors (Lipinski definition) is 1. The lowest BCUT2D eigenvalue weighted by atomic mass is 10.0. The Labute approximate surface area is 91.5 Å². The molecule has 1 saturated heterocycles. The molecule has 4 nitrogen and oxygen atoms in total. The molecule has 0 spiro atoms. The van der Waals surface area contributed by atoms with E-state index < -0.39 is 17.8 Å². The third-order valence-electron chi connectivity index (χ3n) is 2.69. The molecular formula is C11H9FN2O2. The number of nitriles is 1. The van der Waals surface area contributed by atoms with Gasteiger partial charge in [0.2, 0.25) is 0 Å². The highest BCUT2D eigenvalue weighted by Crippen LogP contribution is 2.29. The van der Waals surface area contributed by atoms with Gasteiger partial charge in [-0.1, -0.05) is 0 Å². The summed E-state index contributed by atoms with van der Waals surface area (Å²) in [6, 6.07) is 5.23. The summed E-state index contributed by atoms with van der Waals surface area (Å²) < 4.78 is 13.6. The first-order valence-electron chi connectivity index (χ1n) is 4.82. The molecule has 2 rings (SSSR count). The van der Waals surface area contributed by atoms with E-state index in [1.807, 2.05) is 6.07 Å². The van der Waals surface area contributed by atoms with Crippen molar-refractivity contribution in [2.24, 2.45) is 0 Å². The Morgan fingerprint density at radius 2 is 2.38 bits per heavy atom. The highest BCUT2D eigenvalue weighted by molar-refractivity contribution is 5.80. The third-order valence-corrected chi connectivity index (χ3v) is 2.69. The molecule has 1 aliphatic heterocycles. The maximum atomic E-state index is 13.6. The van der Waals surface area contributed by atoms with E-state index in [4.69, 9.17) is 10.4 Å². The van der Waals surface area contributed by atoms with E-state index in [2.05, 4.69) is 0 Å². The predicted octanol–water partition coefficient (Wildman–Crippen LogP) is 1.36. The minimum absolute atomic E-state index is 0.230. The van der Waals surface area contributed by atoms with Crippen molar-refractivity contribution in [1.29, 1.82) is 5.26 Å².